The SMILES string of the molecule is CCC(=O)O[C@@H]1CCCNC1. The predicted octanol–water partition coefficient (Wildman–Crippen LogP) is 0.692. The predicted molar refractivity (Wildman–Crippen MR) is 42.3 cm³/mol. The Kier molecular flexibility index (Phi) is 3.36. The Hall–Kier alpha value is -0.570. The Bertz CT molecular complexity index is 130. The second-order valence-corrected chi connectivity index (χ2v) is 2.81. The molecule has 0 bridgehead atoms. The molecular weight excluding hydrogens is 142 g/mol. The van der Waals surface area contributed by atoms with E-state index in [9.17, 15) is 4.79 Å². The lowest BCUT2D eigenvalue weighted by atomic mass is 10.1. The zero-order valence-corrected chi connectivity index (χ0v) is 6.93. The van der Waals surface area contributed by atoms with Crippen molar-refractivity contribution in [2.75, 3.05) is 13.1 Å². The van der Waals surface area contributed by atoms with Crippen LogP contribution in [0.15, 0.2) is 0 Å². The summed E-state index contributed by atoms with van der Waals surface area (Å²) in [5.74, 6) is -0.0845. The average Bonchev–Trinajstić information content (AvgIpc) is 2.06. The number of ether oxygens (including phenoxy) is 1. The number of carbonyl (C=O) groups is 1. The number of piperidine rings is 1. The second kappa shape index (κ2) is 4.34. The smallest absolute Gasteiger partial charge is 0.305 e. The fourth-order valence-electron chi connectivity index (χ4n) is 1.19. The summed E-state index contributed by atoms with van der Waals surface area (Å²) in [6.45, 7) is 3.70. The Labute approximate surface area is 67.1 Å². The molecule has 0 amide bonds. The minimum absolute atomic E-state index is 0.0845. The molecule has 3 heteroatoms. The van der Waals surface area contributed by atoms with Gasteiger partial charge in [0, 0.05) is 13.0 Å². The van der Waals surface area contributed by atoms with Crippen molar-refractivity contribution in [3.05, 3.63) is 0 Å². The van der Waals surface area contributed by atoms with Gasteiger partial charge in [-0.2, -0.15) is 0 Å². The Balaban J connectivity index is 2.19. The third-order valence-electron chi connectivity index (χ3n) is 1.84. The highest BCUT2D eigenvalue weighted by Gasteiger charge is 2.15. The van der Waals surface area contributed by atoms with Crippen LogP contribution in [0.2, 0.25) is 0 Å². The zero-order chi connectivity index (χ0) is 8.10. The molecule has 1 aliphatic heterocycles. The highest BCUT2D eigenvalue weighted by molar-refractivity contribution is 5.69. The Morgan fingerprint density at radius 2 is 2.55 bits per heavy atom. The highest BCUT2D eigenvalue weighted by atomic mass is 16.5. The van der Waals surface area contributed by atoms with Gasteiger partial charge in [-0.1, -0.05) is 6.92 Å². The van der Waals surface area contributed by atoms with Crippen LogP contribution in [0.25, 0.3) is 0 Å². The molecule has 1 atom stereocenters. The Morgan fingerprint density at radius 3 is 3.09 bits per heavy atom. The maximum absolute atomic E-state index is 10.8. The van der Waals surface area contributed by atoms with Crippen LogP contribution in [-0.2, 0) is 9.53 Å². The third kappa shape index (κ3) is 2.89. The molecule has 64 valence electrons. The minimum atomic E-state index is -0.0845. The van der Waals surface area contributed by atoms with Gasteiger partial charge < -0.3 is 10.1 Å². The van der Waals surface area contributed by atoms with Gasteiger partial charge in [0.2, 0.25) is 0 Å². The van der Waals surface area contributed by atoms with Crippen molar-refractivity contribution in [1.29, 1.82) is 0 Å². The molecule has 0 aromatic carbocycles. The molecule has 0 spiro atoms. The molecule has 0 aromatic rings. The van der Waals surface area contributed by atoms with Crippen molar-refractivity contribution in [3.8, 4) is 0 Å². The molecule has 0 radical (unpaired) electrons. The number of hydrogen-bond donors (Lipinski definition) is 1. The van der Waals surface area contributed by atoms with E-state index in [4.69, 9.17) is 4.74 Å². The normalized spacial score (nSPS) is 24.6. The zero-order valence-electron chi connectivity index (χ0n) is 6.93. The molecule has 1 rings (SSSR count). The van der Waals surface area contributed by atoms with Crippen molar-refractivity contribution in [3.63, 3.8) is 0 Å². The molecule has 11 heavy (non-hydrogen) atoms. The topological polar surface area (TPSA) is 38.3 Å². The summed E-state index contributed by atoms with van der Waals surface area (Å²) in [7, 11) is 0. The first-order valence-electron chi connectivity index (χ1n) is 4.23. The molecule has 3 nitrogen and oxygen atoms in total. The summed E-state index contributed by atoms with van der Waals surface area (Å²) >= 11 is 0. The van der Waals surface area contributed by atoms with E-state index in [1.165, 1.54) is 0 Å². The first kappa shape index (κ1) is 8.53. The van der Waals surface area contributed by atoms with Crippen molar-refractivity contribution in [1.82, 2.24) is 5.32 Å². The second-order valence-electron chi connectivity index (χ2n) is 2.81. The summed E-state index contributed by atoms with van der Waals surface area (Å²) in [4.78, 5) is 10.8. The van der Waals surface area contributed by atoms with E-state index in [1.807, 2.05) is 6.92 Å². The van der Waals surface area contributed by atoms with Crippen LogP contribution in [0.3, 0.4) is 0 Å². The van der Waals surface area contributed by atoms with E-state index >= 15 is 0 Å². The van der Waals surface area contributed by atoms with Crippen LogP contribution < -0.4 is 5.32 Å². The maximum atomic E-state index is 10.8. The van der Waals surface area contributed by atoms with Crippen LogP contribution in [0.5, 0.6) is 0 Å². The van der Waals surface area contributed by atoms with E-state index in [0.29, 0.717) is 6.42 Å². The van der Waals surface area contributed by atoms with Gasteiger partial charge in [0.1, 0.15) is 6.10 Å². The molecule has 0 aliphatic carbocycles. The van der Waals surface area contributed by atoms with Gasteiger partial charge in [0.15, 0.2) is 0 Å². The summed E-state index contributed by atoms with van der Waals surface area (Å²) in [5, 5.41) is 3.19. The lowest BCUT2D eigenvalue weighted by Gasteiger charge is -2.22. The van der Waals surface area contributed by atoms with E-state index in [0.717, 1.165) is 25.9 Å². The molecular formula is C8H15NO2. The maximum Gasteiger partial charge on any atom is 0.305 e. The molecule has 0 unspecified atom stereocenters. The van der Waals surface area contributed by atoms with E-state index in [-0.39, 0.29) is 12.1 Å². The standard InChI is InChI=1S/C8H15NO2/c1-2-8(10)11-7-4-3-5-9-6-7/h7,9H,2-6H2,1H3/t7-/m1/s1. The van der Waals surface area contributed by atoms with Gasteiger partial charge in [-0.05, 0) is 19.4 Å². The van der Waals surface area contributed by atoms with E-state index in [1.54, 1.807) is 0 Å². The molecule has 1 heterocycles. The molecule has 1 saturated heterocycles. The van der Waals surface area contributed by atoms with Crippen LogP contribution in [0.1, 0.15) is 26.2 Å². The Morgan fingerprint density at radius 1 is 1.73 bits per heavy atom. The minimum Gasteiger partial charge on any atom is -0.461 e. The first-order chi connectivity index (χ1) is 5.33. The van der Waals surface area contributed by atoms with Gasteiger partial charge in [0.05, 0.1) is 0 Å². The first-order valence-corrected chi connectivity index (χ1v) is 4.23. The van der Waals surface area contributed by atoms with Crippen LogP contribution in [0, 0.1) is 0 Å². The van der Waals surface area contributed by atoms with Gasteiger partial charge in [-0.3, -0.25) is 4.79 Å². The average molecular weight is 157 g/mol. The fraction of sp³-hybridized carbons (Fsp3) is 0.875. The van der Waals surface area contributed by atoms with Gasteiger partial charge in [0.25, 0.3) is 0 Å². The number of hydrogen-bond acceptors (Lipinski definition) is 3. The molecule has 1 N–H and O–H groups in total. The van der Waals surface area contributed by atoms with Crippen LogP contribution in [0.4, 0.5) is 0 Å². The lowest BCUT2D eigenvalue weighted by Crippen LogP contribution is -2.36. The quantitative estimate of drug-likeness (QED) is 0.599. The summed E-state index contributed by atoms with van der Waals surface area (Å²) < 4.78 is 5.14. The molecule has 1 fully saturated rings. The molecule has 0 saturated carbocycles. The fourth-order valence-corrected chi connectivity index (χ4v) is 1.19. The summed E-state index contributed by atoms with van der Waals surface area (Å²) in [5.41, 5.74) is 0. The van der Waals surface area contributed by atoms with Crippen LogP contribution >= 0.6 is 0 Å². The lowest BCUT2D eigenvalue weighted by molar-refractivity contribution is -0.149. The number of rotatable bonds is 2. The number of carbonyl (C=O) groups excluding carboxylic acids is 1. The van der Waals surface area contributed by atoms with Gasteiger partial charge >= 0.3 is 5.97 Å². The van der Waals surface area contributed by atoms with Gasteiger partial charge in [-0.25, -0.2) is 0 Å². The largest absolute Gasteiger partial charge is 0.461 e. The molecule has 1 aliphatic rings. The van der Waals surface area contributed by atoms with Crippen molar-refractivity contribution in [2.45, 2.75) is 32.3 Å². The monoisotopic (exact) mass is 157 g/mol. The third-order valence-corrected chi connectivity index (χ3v) is 1.84. The van der Waals surface area contributed by atoms with Crippen LogP contribution in [-0.4, -0.2) is 25.2 Å². The van der Waals surface area contributed by atoms with E-state index in [2.05, 4.69) is 5.32 Å². The number of nitrogens with one attached hydrogen (secondary N) is 1. The van der Waals surface area contributed by atoms with Crippen molar-refractivity contribution in [2.24, 2.45) is 0 Å². The van der Waals surface area contributed by atoms with Crippen molar-refractivity contribution < 1.29 is 9.53 Å². The number of esters is 1. The van der Waals surface area contributed by atoms with Crippen molar-refractivity contribution >= 4 is 5.97 Å². The summed E-state index contributed by atoms with van der Waals surface area (Å²) in [6.07, 6.45) is 2.73. The summed E-state index contributed by atoms with van der Waals surface area (Å²) in [6, 6.07) is 0. The highest BCUT2D eigenvalue weighted by Crippen LogP contribution is 2.06. The van der Waals surface area contributed by atoms with Gasteiger partial charge in [-0.15, -0.1) is 0 Å². The van der Waals surface area contributed by atoms with E-state index < -0.39 is 0 Å². The molecule has 0 aromatic heterocycles.